The Hall–Kier alpha value is -2.90. The van der Waals surface area contributed by atoms with E-state index in [1.165, 1.54) is 4.70 Å². The van der Waals surface area contributed by atoms with Crippen molar-refractivity contribution in [2.45, 2.75) is 17.5 Å². The number of furan rings is 1. The van der Waals surface area contributed by atoms with Gasteiger partial charge in [0.05, 0.1) is 28.8 Å². The monoisotopic (exact) mass is 404 g/mol. The van der Waals surface area contributed by atoms with E-state index >= 15 is 0 Å². The highest BCUT2D eigenvalue weighted by atomic mass is 32.2. The number of aromatic nitrogens is 4. The van der Waals surface area contributed by atoms with Crippen molar-refractivity contribution in [2.75, 3.05) is 0 Å². The molecule has 0 saturated heterocycles. The van der Waals surface area contributed by atoms with Crippen LogP contribution >= 0.6 is 23.1 Å². The van der Waals surface area contributed by atoms with Gasteiger partial charge in [-0.1, -0.05) is 54.2 Å². The number of thiazole rings is 1. The topological polar surface area (TPSA) is 56.7 Å². The van der Waals surface area contributed by atoms with Gasteiger partial charge in [-0.05, 0) is 24.3 Å². The highest BCUT2D eigenvalue weighted by Gasteiger charge is 2.16. The van der Waals surface area contributed by atoms with Crippen molar-refractivity contribution in [3.05, 3.63) is 83.8 Å². The lowest BCUT2D eigenvalue weighted by atomic mass is 10.2. The minimum Gasteiger partial charge on any atom is -0.467 e. The van der Waals surface area contributed by atoms with Gasteiger partial charge in [0.1, 0.15) is 10.8 Å². The first-order valence-electron chi connectivity index (χ1n) is 8.85. The van der Waals surface area contributed by atoms with E-state index in [1.54, 1.807) is 29.4 Å². The molecule has 0 spiro atoms. The van der Waals surface area contributed by atoms with Gasteiger partial charge in [0.15, 0.2) is 11.0 Å². The SMILES string of the molecule is c1ccc(-c2nnc(SCc3nc4ccccc4s3)n2Cc2ccco2)cc1. The van der Waals surface area contributed by atoms with Crippen LogP contribution in [0.15, 0.2) is 82.6 Å². The van der Waals surface area contributed by atoms with Crippen LogP contribution in [0.5, 0.6) is 0 Å². The normalized spacial score (nSPS) is 11.3. The maximum Gasteiger partial charge on any atom is 0.192 e. The Morgan fingerprint density at radius 3 is 2.61 bits per heavy atom. The third-order valence-corrected chi connectivity index (χ3v) is 6.50. The number of benzene rings is 2. The van der Waals surface area contributed by atoms with Crippen LogP contribution in [-0.4, -0.2) is 19.7 Å². The van der Waals surface area contributed by atoms with E-state index in [0.29, 0.717) is 6.54 Å². The fourth-order valence-electron chi connectivity index (χ4n) is 3.01. The van der Waals surface area contributed by atoms with Crippen LogP contribution in [0.2, 0.25) is 0 Å². The van der Waals surface area contributed by atoms with E-state index in [2.05, 4.69) is 20.8 Å². The van der Waals surface area contributed by atoms with Crippen molar-refractivity contribution < 1.29 is 4.42 Å². The average Bonchev–Trinajstić information content (AvgIpc) is 3.47. The number of thioether (sulfide) groups is 1. The van der Waals surface area contributed by atoms with Gasteiger partial charge in [0.25, 0.3) is 0 Å². The Bertz CT molecular complexity index is 1160. The molecule has 0 fully saturated rings. The fraction of sp³-hybridized carbons (Fsp3) is 0.0952. The largest absolute Gasteiger partial charge is 0.467 e. The minimum absolute atomic E-state index is 0.590. The van der Waals surface area contributed by atoms with Crippen LogP contribution in [0.25, 0.3) is 21.6 Å². The smallest absolute Gasteiger partial charge is 0.192 e. The molecule has 7 heteroatoms. The molecule has 0 radical (unpaired) electrons. The molecule has 2 aromatic carbocycles. The number of rotatable bonds is 6. The molecule has 0 N–H and O–H groups in total. The Kier molecular flexibility index (Phi) is 4.68. The number of hydrogen-bond donors (Lipinski definition) is 0. The third kappa shape index (κ3) is 3.46. The van der Waals surface area contributed by atoms with Crippen molar-refractivity contribution in [3.63, 3.8) is 0 Å². The first kappa shape index (κ1) is 17.2. The first-order valence-corrected chi connectivity index (χ1v) is 10.7. The molecule has 5 nitrogen and oxygen atoms in total. The summed E-state index contributed by atoms with van der Waals surface area (Å²) in [5, 5.41) is 10.8. The number of nitrogens with zero attached hydrogens (tertiary/aromatic N) is 4. The van der Waals surface area contributed by atoms with E-state index < -0.39 is 0 Å². The summed E-state index contributed by atoms with van der Waals surface area (Å²) < 4.78 is 8.87. The molecule has 0 saturated carbocycles. The number of fused-ring (bicyclic) bond motifs is 1. The van der Waals surface area contributed by atoms with Gasteiger partial charge in [-0.25, -0.2) is 4.98 Å². The van der Waals surface area contributed by atoms with Gasteiger partial charge >= 0.3 is 0 Å². The Labute approximate surface area is 170 Å². The zero-order chi connectivity index (χ0) is 18.8. The van der Waals surface area contributed by atoms with Gasteiger partial charge in [0.2, 0.25) is 0 Å². The highest BCUT2D eigenvalue weighted by Crippen LogP contribution is 2.30. The maximum absolute atomic E-state index is 5.56. The van der Waals surface area contributed by atoms with Crippen LogP contribution in [-0.2, 0) is 12.3 Å². The maximum atomic E-state index is 5.56. The summed E-state index contributed by atoms with van der Waals surface area (Å²) in [5.74, 6) is 2.47. The number of para-hydroxylation sites is 1. The van der Waals surface area contributed by atoms with Crippen molar-refractivity contribution in [2.24, 2.45) is 0 Å². The van der Waals surface area contributed by atoms with Gasteiger partial charge < -0.3 is 4.42 Å². The summed E-state index contributed by atoms with van der Waals surface area (Å²) in [4.78, 5) is 4.72. The molecule has 28 heavy (non-hydrogen) atoms. The molecule has 0 aliphatic rings. The van der Waals surface area contributed by atoms with Gasteiger partial charge in [-0.2, -0.15) is 0 Å². The standard InChI is InChI=1S/C21H16N4OS2/c1-2-7-15(8-3-1)20-23-24-21(25(20)13-16-9-6-12-26-16)27-14-19-22-17-10-4-5-11-18(17)28-19/h1-12H,13-14H2. The predicted molar refractivity (Wildman–Crippen MR) is 112 cm³/mol. The van der Waals surface area contributed by atoms with Gasteiger partial charge in [-0.3, -0.25) is 4.57 Å². The molecule has 3 aromatic heterocycles. The summed E-state index contributed by atoms with van der Waals surface area (Å²) >= 11 is 3.37. The lowest BCUT2D eigenvalue weighted by Crippen LogP contribution is -2.03. The molecule has 3 heterocycles. The summed E-state index contributed by atoms with van der Waals surface area (Å²) in [5.41, 5.74) is 2.08. The van der Waals surface area contributed by atoms with Crippen molar-refractivity contribution >= 4 is 33.3 Å². The molecule has 5 aromatic rings. The molecule has 138 valence electrons. The molecule has 0 atom stereocenters. The van der Waals surface area contributed by atoms with Crippen LogP contribution in [0.4, 0.5) is 0 Å². The van der Waals surface area contributed by atoms with Crippen LogP contribution in [0.3, 0.4) is 0 Å². The molecule has 0 aliphatic heterocycles. The minimum atomic E-state index is 0.590. The Balaban J connectivity index is 1.45. The lowest BCUT2D eigenvalue weighted by molar-refractivity contribution is 0.485. The van der Waals surface area contributed by atoms with Gasteiger partial charge in [0, 0.05) is 5.56 Å². The zero-order valence-electron chi connectivity index (χ0n) is 14.9. The van der Waals surface area contributed by atoms with Gasteiger partial charge in [-0.15, -0.1) is 21.5 Å². The van der Waals surface area contributed by atoms with Crippen LogP contribution in [0, 0.1) is 0 Å². The van der Waals surface area contributed by atoms with E-state index in [9.17, 15) is 0 Å². The van der Waals surface area contributed by atoms with Crippen molar-refractivity contribution in [1.29, 1.82) is 0 Å². The molecule has 0 aliphatic carbocycles. The van der Waals surface area contributed by atoms with E-state index in [4.69, 9.17) is 9.40 Å². The number of hydrogen-bond acceptors (Lipinski definition) is 6. The third-order valence-electron chi connectivity index (χ3n) is 4.31. The van der Waals surface area contributed by atoms with E-state index in [1.807, 2.05) is 60.7 Å². The molecular weight excluding hydrogens is 388 g/mol. The second kappa shape index (κ2) is 7.61. The summed E-state index contributed by atoms with van der Waals surface area (Å²) in [7, 11) is 0. The zero-order valence-corrected chi connectivity index (χ0v) is 16.5. The highest BCUT2D eigenvalue weighted by molar-refractivity contribution is 7.98. The fourth-order valence-corrected chi connectivity index (χ4v) is 4.90. The Morgan fingerprint density at radius 2 is 1.79 bits per heavy atom. The first-order chi connectivity index (χ1) is 13.9. The molecule has 0 bridgehead atoms. The second-order valence-electron chi connectivity index (χ2n) is 6.20. The van der Waals surface area contributed by atoms with Crippen molar-refractivity contribution in [3.8, 4) is 11.4 Å². The average molecular weight is 405 g/mol. The second-order valence-corrected chi connectivity index (χ2v) is 8.26. The lowest BCUT2D eigenvalue weighted by Gasteiger charge is -2.08. The van der Waals surface area contributed by atoms with Crippen LogP contribution in [0.1, 0.15) is 10.8 Å². The van der Waals surface area contributed by atoms with Crippen molar-refractivity contribution in [1.82, 2.24) is 19.7 Å². The summed E-state index contributed by atoms with van der Waals surface area (Å²) in [6.07, 6.45) is 1.69. The molecule has 5 rings (SSSR count). The van der Waals surface area contributed by atoms with E-state index in [-0.39, 0.29) is 0 Å². The van der Waals surface area contributed by atoms with Crippen LogP contribution < -0.4 is 0 Å². The molecule has 0 amide bonds. The summed E-state index contributed by atoms with van der Waals surface area (Å²) in [6, 6.07) is 22.2. The summed E-state index contributed by atoms with van der Waals surface area (Å²) in [6.45, 7) is 0.590. The predicted octanol–water partition coefficient (Wildman–Crippen LogP) is 5.49. The molecular formula is C21H16N4OS2. The quantitative estimate of drug-likeness (QED) is 0.350. The Morgan fingerprint density at radius 1 is 0.929 bits per heavy atom. The van der Waals surface area contributed by atoms with E-state index in [0.717, 1.165) is 38.6 Å². The molecule has 0 unspecified atom stereocenters.